The molecule has 0 radical (unpaired) electrons. The summed E-state index contributed by atoms with van der Waals surface area (Å²) < 4.78 is 4.86. The fraction of sp³-hybridized carbons (Fsp3) is 0.529. The lowest BCUT2D eigenvalue weighted by atomic mass is 10.1. The largest absolute Gasteiger partial charge is 0.457 e. The molecule has 0 rings (SSSR count). The normalized spacial score (nSPS) is 13.3. The quantitative estimate of drug-likeness (QED) is 0.187. The minimum atomic E-state index is -0.770. The van der Waals surface area contributed by atoms with E-state index in [1.54, 1.807) is 0 Å². The van der Waals surface area contributed by atoms with E-state index in [-0.39, 0.29) is 12.4 Å². The van der Waals surface area contributed by atoms with E-state index < -0.39 is 5.97 Å². The number of unbranched alkanes of at least 4 members (excludes halogenated alkanes) is 4. The van der Waals surface area contributed by atoms with E-state index in [1.165, 1.54) is 12.8 Å². The summed E-state index contributed by atoms with van der Waals surface area (Å²) in [6.45, 7) is 3.82. The Bertz CT molecular complexity index is 340. The SMILES string of the molecule is CC=CC=CC=CCCCCCCC(C)OC(=O)C=O. The molecule has 0 spiro atoms. The van der Waals surface area contributed by atoms with Crippen molar-refractivity contribution in [2.24, 2.45) is 0 Å². The van der Waals surface area contributed by atoms with Crippen molar-refractivity contribution in [3.63, 3.8) is 0 Å². The number of carbonyl (C=O) groups excluding carboxylic acids is 2. The van der Waals surface area contributed by atoms with Gasteiger partial charge in [0.15, 0.2) is 0 Å². The maximum absolute atomic E-state index is 10.7. The van der Waals surface area contributed by atoms with E-state index >= 15 is 0 Å². The maximum atomic E-state index is 10.7. The molecule has 3 nitrogen and oxygen atoms in total. The highest BCUT2D eigenvalue weighted by Gasteiger charge is 2.07. The summed E-state index contributed by atoms with van der Waals surface area (Å²) in [6.07, 6.45) is 18.8. The third kappa shape index (κ3) is 12.8. The number of esters is 1. The average molecular weight is 278 g/mol. The summed E-state index contributed by atoms with van der Waals surface area (Å²) in [5.74, 6) is -0.770. The van der Waals surface area contributed by atoms with E-state index in [0.717, 1.165) is 25.7 Å². The second-order valence-corrected chi connectivity index (χ2v) is 4.70. The van der Waals surface area contributed by atoms with Crippen LogP contribution in [0.15, 0.2) is 36.5 Å². The summed E-state index contributed by atoms with van der Waals surface area (Å²) in [6, 6.07) is 0. The molecular formula is C17H26O3. The second-order valence-electron chi connectivity index (χ2n) is 4.70. The van der Waals surface area contributed by atoms with E-state index in [2.05, 4.69) is 12.2 Å². The van der Waals surface area contributed by atoms with Crippen LogP contribution in [-0.4, -0.2) is 18.4 Å². The van der Waals surface area contributed by atoms with Crippen molar-refractivity contribution in [3.05, 3.63) is 36.5 Å². The van der Waals surface area contributed by atoms with Crippen LogP contribution in [-0.2, 0) is 14.3 Å². The van der Waals surface area contributed by atoms with Crippen LogP contribution in [0.2, 0.25) is 0 Å². The van der Waals surface area contributed by atoms with Crippen molar-refractivity contribution in [1.29, 1.82) is 0 Å². The number of rotatable bonds is 11. The topological polar surface area (TPSA) is 43.4 Å². The monoisotopic (exact) mass is 278 g/mol. The number of ether oxygens (including phenoxy) is 1. The van der Waals surface area contributed by atoms with Crippen molar-refractivity contribution >= 4 is 12.3 Å². The maximum Gasteiger partial charge on any atom is 0.371 e. The minimum absolute atomic E-state index is 0.163. The minimum Gasteiger partial charge on any atom is -0.457 e. The Morgan fingerprint density at radius 1 is 1.05 bits per heavy atom. The van der Waals surface area contributed by atoms with Gasteiger partial charge in [0.1, 0.15) is 0 Å². The second kappa shape index (κ2) is 13.8. The van der Waals surface area contributed by atoms with E-state index in [4.69, 9.17) is 4.74 Å². The van der Waals surface area contributed by atoms with E-state index in [9.17, 15) is 9.59 Å². The van der Waals surface area contributed by atoms with Gasteiger partial charge in [-0.05, 0) is 39.5 Å². The summed E-state index contributed by atoms with van der Waals surface area (Å²) in [5.41, 5.74) is 0. The third-order valence-corrected chi connectivity index (χ3v) is 2.81. The lowest BCUT2D eigenvalue weighted by molar-refractivity contribution is -0.152. The highest BCUT2D eigenvalue weighted by Crippen LogP contribution is 2.09. The van der Waals surface area contributed by atoms with Crippen LogP contribution in [0, 0.1) is 0 Å². The van der Waals surface area contributed by atoms with Gasteiger partial charge in [0.25, 0.3) is 0 Å². The summed E-state index contributed by atoms with van der Waals surface area (Å²) in [4.78, 5) is 20.8. The Balaban J connectivity index is 3.40. The molecule has 0 aromatic heterocycles. The Hall–Kier alpha value is -1.64. The summed E-state index contributed by atoms with van der Waals surface area (Å²) >= 11 is 0. The zero-order valence-corrected chi connectivity index (χ0v) is 12.6. The Labute approximate surface area is 122 Å². The van der Waals surface area contributed by atoms with Crippen molar-refractivity contribution < 1.29 is 14.3 Å². The van der Waals surface area contributed by atoms with Crippen molar-refractivity contribution in [1.82, 2.24) is 0 Å². The van der Waals surface area contributed by atoms with E-state index in [0.29, 0.717) is 0 Å². The first-order chi connectivity index (χ1) is 9.70. The van der Waals surface area contributed by atoms with Crippen molar-refractivity contribution in [2.45, 2.75) is 58.5 Å². The molecule has 0 saturated heterocycles. The van der Waals surface area contributed by atoms with Gasteiger partial charge in [-0.3, -0.25) is 4.79 Å². The van der Waals surface area contributed by atoms with Gasteiger partial charge in [0, 0.05) is 0 Å². The average Bonchev–Trinajstić information content (AvgIpc) is 2.44. The number of hydrogen-bond donors (Lipinski definition) is 0. The van der Waals surface area contributed by atoms with Gasteiger partial charge in [0.2, 0.25) is 6.29 Å². The van der Waals surface area contributed by atoms with Crippen LogP contribution in [0.3, 0.4) is 0 Å². The summed E-state index contributed by atoms with van der Waals surface area (Å²) in [7, 11) is 0. The predicted octanol–water partition coefficient (Wildman–Crippen LogP) is 4.15. The molecule has 0 aromatic carbocycles. The molecule has 112 valence electrons. The molecule has 0 aromatic rings. The predicted molar refractivity (Wildman–Crippen MR) is 82.4 cm³/mol. The van der Waals surface area contributed by atoms with Gasteiger partial charge in [0.05, 0.1) is 6.10 Å². The molecule has 0 N–H and O–H groups in total. The fourth-order valence-electron chi connectivity index (χ4n) is 1.75. The molecule has 20 heavy (non-hydrogen) atoms. The van der Waals surface area contributed by atoms with Crippen LogP contribution in [0.4, 0.5) is 0 Å². The zero-order chi connectivity index (χ0) is 15.1. The number of aldehydes is 1. The number of carbonyl (C=O) groups is 2. The molecule has 0 fully saturated rings. The first kappa shape index (κ1) is 18.4. The number of hydrogen-bond acceptors (Lipinski definition) is 3. The van der Waals surface area contributed by atoms with Gasteiger partial charge in [-0.25, -0.2) is 4.79 Å². The summed E-state index contributed by atoms with van der Waals surface area (Å²) in [5, 5.41) is 0. The highest BCUT2D eigenvalue weighted by molar-refractivity contribution is 6.20. The molecule has 0 heterocycles. The van der Waals surface area contributed by atoms with Gasteiger partial charge in [-0.1, -0.05) is 49.3 Å². The molecule has 1 atom stereocenters. The first-order valence-corrected chi connectivity index (χ1v) is 7.31. The molecule has 0 bridgehead atoms. The van der Waals surface area contributed by atoms with Crippen LogP contribution < -0.4 is 0 Å². The van der Waals surface area contributed by atoms with E-state index in [1.807, 2.05) is 38.2 Å². The third-order valence-electron chi connectivity index (χ3n) is 2.81. The molecule has 0 aliphatic rings. The van der Waals surface area contributed by atoms with Crippen molar-refractivity contribution in [2.75, 3.05) is 0 Å². The standard InChI is InChI=1S/C17H26O3/c1-3-4-5-6-7-8-9-10-11-12-13-14-16(2)20-17(19)15-18/h3-8,15-16H,9-14H2,1-2H3. The lowest BCUT2D eigenvalue weighted by Crippen LogP contribution is -2.15. The molecule has 1 unspecified atom stereocenters. The fourth-order valence-corrected chi connectivity index (χ4v) is 1.75. The zero-order valence-electron chi connectivity index (χ0n) is 12.6. The van der Waals surface area contributed by atoms with Crippen LogP contribution in [0.5, 0.6) is 0 Å². The van der Waals surface area contributed by atoms with Gasteiger partial charge in [-0.15, -0.1) is 0 Å². The Morgan fingerprint density at radius 3 is 2.45 bits per heavy atom. The first-order valence-electron chi connectivity index (χ1n) is 7.31. The van der Waals surface area contributed by atoms with Gasteiger partial charge < -0.3 is 4.74 Å². The molecule has 0 aliphatic heterocycles. The molecule has 0 saturated carbocycles. The van der Waals surface area contributed by atoms with Crippen molar-refractivity contribution in [3.8, 4) is 0 Å². The number of allylic oxidation sites excluding steroid dienone is 6. The van der Waals surface area contributed by atoms with Crippen LogP contribution in [0.1, 0.15) is 52.4 Å². The van der Waals surface area contributed by atoms with Gasteiger partial charge in [-0.2, -0.15) is 0 Å². The molecular weight excluding hydrogens is 252 g/mol. The Morgan fingerprint density at radius 2 is 1.75 bits per heavy atom. The molecule has 3 heteroatoms. The lowest BCUT2D eigenvalue weighted by Gasteiger charge is -2.10. The highest BCUT2D eigenvalue weighted by atomic mass is 16.5. The Kier molecular flexibility index (Phi) is 12.7. The van der Waals surface area contributed by atoms with Gasteiger partial charge >= 0.3 is 5.97 Å². The smallest absolute Gasteiger partial charge is 0.371 e. The molecule has 0 aliphatic carbocycles. The van der Waals surface area contributed by atoms with Crippen LogP contribution >= 0.6 is 0 Å². The molecule has 0 amide bonds. The van der Waals surface area contributed by atoms with Crippen LogP contribution in [0.25, 0.3) is 0 Å².